The van der Waals surface area contributed by atoms with Crippen molar-refractivity contribution in [2.45, 2.75) is 26.2 Å². The van der Waals surface area contributed by atoms with Gasteiger partial charge in [0.1, 0.15) is 17.6 Å². The van der Waals surface area contributed by atoms with Gasteiger partial charge in [-0.3, -0.25) is 4.79 Å². The SMILES string of the molecule is CC(C)(C)c1ccccc1Nc1cnc(C(=O)Nc2ccccc2C#N)cn1. The Morgan fingerprint density at radius 2 is 1.64 bits per heavy atom. The molecular weight excluding hydrogens is 350 g/mol. The van der Waals surface area contributed by atoms with Crippen molar-refractivity contribution < 1.29 is 4.79 Å². The molecule has 2 N–H and O–H groups in total. The molecule has 1 amide bonds. The number of carbonyl (C=O) groups excluding carboxylic acids is 1. The van der Waals surface area contributed by atoms with Crippen LogP contribution in [0.2, 0.25) is 0 Å². The predicted molar refractivity (Wildman–Crippen MR) is 110 cm³/mol. The van der Waals surface area contributed by atoms with Crippen LogP contribution in [-0.4, -0.2) is 15.9 Å². The third kappa shape index (κ3) is 4.33. The lowest BCUT2D eigenvalue weighted by atomic mass is 9.86. The highest BCUT2D eigenvalue weighted by Crippen LogP contribution is 2.30. The number of nitrogens with one attached hydrogen (secondary N) is 2. The maximum absolute atomic E-state index is 12.4. The fourth-order valence-electron chi connectivity index (χ4n) is 2.77. The van der Waals surface area contributed by atoms with Gasteiger partial charge in [0.05, 0.1) is 23.6 Å². The highest BCUT2D eigenvalue weighted by Gasteiger charge is 2.18. The largest absolute Gasteiger partial charge is 0.339 e. The van der Waals surface area contributed by atoms with Gasteiger partial charge in [0, 0.05) is 5.69 Å². The Hall–Kier alpha value is -3.72. The number of aromatic nitrogens is 2. The maximum Gasteiger partial charge on any atom is 0.275 e. The summed E-state index contributed by atoms with van der Waals surface area (Å²) in [6.07, 6.45) is 2.93. The zero-order valence-corrected chi connectivity index (χ0v) is 16.0. The summed E-state index contributed by atoms with van der Waals surface area (Å²) in [6.45, 7) is 6.43. The summed E-state index contributed by atoms with van der Waals surface area (Å²) in [6, 6.07) is 16.9. The molecule has 6 nitrogen and oxygen atoms in total. The molecule has 28 heavy (non-hydrogen) atoms. The molecule has 0 aliphatic rings. The van der Waals surface area contributed by atoms with Gasteiger partial charge in [-0.15, -0.1) is 0 Å². The number of rotatable bonds is 4. The van der Waals surface area contributed by atoms with E-state index in [4.69, 9.17) is 5.26 Å². The van der Waals surface area contributed by atoms with Crippen molar-refractivity contribution >= 4 is 23.1 Å². The van der Waals surface area contributed by atoms with Crippen LogP contribution in [0, 0.1) is 11.3 Å². The molecule has 0 aliphatic heterocycles. The van der Waals surface area contributed by atoms with E-state index in [2.05, 4.69) is 47.4 Å². The van der Waals surface area contributed by atoms with E-state index in [0.29, 0.717) is 17.1 Å². The average molecular weight is 371 g/mol. The van der Waals surface area contributed by atoms with Gasteiger partial charge < -0.3 is 10.6 Å². The summed E-state index contributed by atoms with van der Waals surface area (Å²) in [7, 11) is 0. The minimum Gasteiger partial charge on any atom is -0.339 e. The number of benzene rings is 2. The number of para-hydroxylation sites is 2. The molecule has 0 saturated heterocycles. The van der Waals surface area contributed by atoms with E-state index < -0.39 is 5.91 Å². The molecule has 1 aromatic heterocycles. The second kappa shape index (κ2) is 7.89. The number of anilines is 3. The van der Waals surface area contributed by atoms with E-state index in [0.717, 1.165) is 11.3 Å². The van der Waals surface area contributed by atoms with Crippen LogP contribution >= 0.6 is 0 Å². The van der Waals surface area contributed by atoms with Crippen molar-refractivity contribution in [2.24, 2.45) is 0 Å². The standard InChI is InChI=1S/C22H21N5O/c1-22(2,3)16-9-5-7-11-18(16)26-20-14-24-19(13-25-20)21(28)27-17-10-6-4-8-15(17)12-23/h4-11,13-14H,1-3H3,(H,25,26)(H,27,28). The van der Waals surface area contributed by atoms with E-state index in [1.807, 2.05) is 24.3 Å². The van der Waals surface area contributed by atoms with Gasteiger partial charge in [0.25, 0.3) is 5.91 Å². The Kier molecular flexibility index (Phi) is 5.37. The van der Waals surface area contributed by atoms with Crippen LogP contribution in [0.4, 0.5) is 17.2 Å². The molecule has 6 heteroatoms. The monoisotopic (exact) mass is 371 g/mol. The first-order chi connectivity index (χ1) is 13.4. The molecule has 0 atom stereocenters. The van der Waals surface area contributed by atoms with E-state index in [1.54, 1.807) is 24.3 Å². The molecule has 2 aromatic carbocycles. The third-order valence-corrected chi connectivity index (χ3v) is 4.18. The fourth-order valence-corrected chi connectivity index (χ4v) is 2.77. The van der Waals surface area contributed by atoms with Crippen molar-refractivity contribution in [3.05, 3.63) is 77.7 Å². The first-order valence-electron chi connectivity index (χ1n) is 8.87. The predicted octanol–water partition coefficient (Wildman–Crippen LogP) is 4.64. The number of nitrogens with zero attached hydrogens (tertiary/aromatic N) is 3. The average Bonchev–Trinajstić information content (AvgIpc) is 2.68. The molecule has 0 aliphatic carbocycles. The summed E-state index contributed by atoms with van der Waals surface area (Å²) in [5.41, 5.74) is 3.09. The number of carbonyl (C=O) groups is 1. The third-order valence-electron chi connectivity index (χ3n) is 4.18. The molecule has 140 valence electrons. The van der Waals surface area contributed by atoms with Gasteiger partial charge in [0.15, 0.2) is 0 Å². The van der Waals surface area contributed by atoms with E-state index in [1.165, 1.54) is 12.4 Å². The van der Waals surface area contributed by atoms with Crippen molar-refractivity contribution in [1.29, 1.82) is 5.26 Å². The Labute approximate surface area is 164 Å². The van der Waals surface area contributed by atoms with Gasteiger partial charge >= 0.3 is 0 Å². The highest BCUT2D eigenvalue weighted by molar-refractivity contribution is 6.03. The summed E-state index contributed by atoms with van der Waals surface area (Å²) in [5, 5.41) is 15.1. The molecule has 0 bridgehead atoms. The molecule has 1 heterocycles. The van der Waals surface area contributed by atoms with Gasteiger partial charge in [-0.2, -0.15) is 5.26 Å². The molecule has 0 spiro atoms. The van der Waals surface area contributed by atoms with Crippen LogP contribution in [0.3, 0.4) is 0 Å². The summed E-state index contributed by atoms with van der Waals surface area (Å²) in [5.74, 6) is 0.127. The number of nitriles is 1. The van der Waals surface area contributed by atoms with Crippen LogP contribution in [0.15, 0.2) is 60.9 Å². The minimum atomic E-state index is -0.420. The summed E-state index contributed by atoms with van der Waals surface area (Å²) < 4.78 is 0. The Bertz CT molecular complexity index is 1030. The Morgan fingerprint density at radius 1 is 0.964 bits per heavy atom. The molecular formula is C22H21N5O. The smallest absolute Gasteiger partial charge is 0.275 e. The van der Waals surface area contributed by atoms with Crippen molar-refractivity contribution in [3.8, 4) is 6.07 Å². The summed E-state index contributed by atoms with van der Waals surface area (Å²) in [4.78, 5) is 20.9. The molecule has 3 aromatic rings. The van der Waals surface area contributed by atoms with Gasteiger partial charge in [0.2, 0.25) is 0 Å². The van der Waals surface area contributed by atoms with Gasteiger partial charge in [-0.25, -0.2) is 9.97 Å². The number of hydrogen-bond acceptors (Lipinski definition) is 5. The van der Waals surface area contributed by atoms with Crippen LogP contribution < -0.4 is 10.6 Å². The van der Waals surface area contributed by atoms with E-state index in [-0.39, 0.29) is 11.1 Å². The molecule has 0 unspecified atom stereocenters. The van der Waals surface area contributed by atoms with Gasteiger partial charge in [-0.1, -0.05) is 51.1 Å². The topological polar surface area (TPSA) is 90.7 Å². The van der Waals surface area contributed by atoms with E-state index >= 15 is 0 Å². The lowest BCUT2D eigenvalue weighted by molar-refractivity contribution is 0.102. The van der Waals surface area contributed by atoms with Crippen molar-refractivity contribution in [1.82, 2.24) is 9.97 Å². The molecule has 0 fully saturated rings. The second-order valence-corrected chi connectivity index (χ2v) is 7.32. The zero-order chi connectivity index (χ0) is 20.1. The molecule has 0 saturated carbocycles. The van der Waals surface area contributed by atoms with Crippen LogP contribution in [0.5, 0.6) is 0 Å². The molecule has 3 rings (SSSR count). The normalized spacial score (nSPS) is 10.8. The van der Waals surface area contributed by atoms with Crippen LogP contribution in [0.25, 0.3) is 0 Å². The van der Waals surface area contributed by atoms with E-state index in [9.17, 15) is 4.79 Å². The van der Waals surface area contributed by atoms with Crippen molar-refractivity contribution in [3.63, 3.8) is 0 Å². The summed E-state index contributed by atoms with van der Waals surface area (Å²) >= 11 is 0. The minimum absolute atomic E-state index is 0.0228. The highest BCUT2D eigenvalue weighted by atomic mass is 16.1. The quantitative estimate of drug-likeness (QED) is 0.697. The lowest BCUT2D eigenvalue weighted by Gasteiger charge is -2.23. The zero-order valence-electron chi connectivity index (χ0n) is 16.0. The Balaban J connectivity index is 1.76. The second-order valence-electron chi connectivity index (χ2n) is 7.32. The number of amides is 1. The first kappa shape index (κ1) is 19.1. The lowest BCUT2D eigenvalue weighted by Crippen LogP contribution is -2.16. The molecule has 0 radical (unpaired) electrons. The first-order valence-corrected chi connectivity index (χ1v) is 8.87. The fraction of sp³-hybridized carbons (Fsp3) is 0.182. The number of hydrogen-bond donors (Lipinski definition) is 2. The van der Waals surface area contributed by atoms with Crippen LogP contribution in [-0.2, 0) is 5.41 Å². The van der Waals surface area contributed by atoms with Crippen LogP contribution in [0.1, 0.15) is 42.4 Å². The maximum atomic E-state index is 12.4. The van der Waals surface area contributed by atoms with Crippen molar-refractivity contribution in [2.75, 3.05) is 10.6 Å². The van der Waals surface area contributed by atoms with Gasteiger partial charge in [-0.05, 0) is 29.2 Å². The Morgan fingerprint density at radius 3 is 2.29 bits per heavy atom.